The van der Waals surface area contributed by atoms with Crippen molar-refractivity contribution in [3.05, 3.63) is 77.5 Å². The zero-order chi connectivity index (χ0) is 20.8. The molecule has 0 saturated heterocycles. The van der Waals surface area contributed by atoms with E-state index in [9.17, 15) is 9.90 Å². The average molecular weight is 414 g/mol. The molecule has 0 atom stereocenters. The third-order valence-corrected chi connectivity index (χ3v) is 6.16. The van der Waals surface area contributed by atoms with E-state index in [1.807, 2.05) is 61.5 Å². The average Bonchev–Trinajstić information content (AvgIpc) is 3.14. The van der Waals surface area contributed by atoms with Gasteiger partial charge in [0.1, 0.15) is 21.6 Å². The molecule has 3 aromatic heterocycles. The summed E-state index contributed by atoms with van der Waals surface area (Å²) in [6.07, 6.45) is 3.31. The van der Waals surface area contributed by atoms with Crippen LogP contribution in [-0.4, -0.2) is 33.7 Å². The first-order valence-electron chi connectivity index (χ1n) is 9.39. The molecular formula is C23H18N4O2S. The normalized spacial score (nSPS) is 11.3. The Hall–Kier alpha value is -3.71. The third-order valence-electron chi connectivity index (χ3n) is 5.08. The number of thiophene rings is 1. The minimum Gasteiger partial charge on any atom is -0.507 e. The van der Waals surface area contributed by atoms with Gasteiger partial charge in [0.25, 0.3) is 5.56 Å². The van der Waals surface area contributed by atoms with Crippen LogP contribution in [0.4, 0.5) is 5.69 Å². The molecule has 0 fully saturated rings. The second-order valence-corrected chi connectivity index (χ2v) is 8.17. The smallest absolute Gasteiger partial charge is 0.275 e. The van der Waals surface area contributed by atoms with E-state index in [0.29, 0.717) is 21.5 Å². The molecule has 1 N–H and O–H groups in total. The molecule has 6 nitrogen and oxygen atoms in total. The highest BCUT2D eigenvalue weighted by Gasteiger charge is 2.17. The number of hydrogen-bond donors (Lipinski definition) is 1. The van der Waals surface area contributed by atoms with E-state index in [1.165, 1.54) is 15.9 Å². The van der Waals surface area contributed by atoms with Crippen molar-refractivity contribution >= 4 is 37.5 Å². The summed E-state index contributed by atoms with van der Waals surface area (Å²) in [5, 5.41) is 11.1. The first kappa shape index (κ1) is 18.3. The van der Waals surface area contributed by atoms with Crippen LogP contribution >= 0.6 is 11.3 Å². The molecule has 0 aliphatic carbocycles. The number of fused-ring (bicyclic) bond motifs is 3. The number of rotatable bonds is 3. The van der Waals surface area contributed by atoms with Crippen molar-refractivity contribution in [2.75, 3.05) is 19.0 Å². The number of benzene rings is 2. The molecule has 7 heteroatoms. The highest BCUT2D eigenvalue weighted by Crippen LogP contribution is 2.35. The first-order valence-corrected chi connectivity index (χ1v) is 10.2. The third kappa shape index (κ3) is 2.83. The molecule has 0 radical (unpaired) electrons. The predicted octanol–water partition coefficient (Wildman–Crippen LogP) is 4.43. The van der Waals surface area contributed by atoms with Crippen LogP contribution in [-0.2, 0) is 0 Å². The molecule has 148 valence electrons. The molecule has 0 aliphatic heterocycles. The second kappa shape index (κ2) is 6.96. The van der Waals surface area contributed by atoms with Crippen LogP contribution in [0, 0.1) is 0 Å². The van der Waals surface area contributed by atoms with Gasteiger partial charge in [0.15, 0.2) is 0 Å². The SMILES string of the molecule is CN(C)c1ccnc2sc3c(=O)n(-c4cccc(-c5ccccc5O)c4)cnc3c12. The fraction of sp³-hybridized carbons (Fsp3) is 0.0870. The number of anilines is 1. The van der Waals surface area contributed by atoms with Gasteiger partial charge in [-0.05, 0) is 29.8 Å². The molecule has 0 saturated carbocycles. The number of phenols is 1. The van der Waals surface area contributed by atoms with Gasteiger partial charge in [-0.15, -0.1) is 11.3 Å². The molecule has 30 heavy (non-hydrogen) atoms. The Bertz CT molecular complexity index is 1470. The second-order valence-electron chi connectivity index (χ2n) is 7.17. The van der Waals surface area contributed by atoms with Crippen LogP contribution in [0.5, 0.6) is 5.75 Å². The van der Waals surface area contributed by atoms with Gasteiger partial charge in [-0.1, -0.05) is 30.3 Å². The Balaban J connectivity index is 1.72. The number of pyridine rings is 1. The standard InChI is InChI=1S/C23H18N4O2S/c1-26(2)17-10-11-24-22-19(17)20-21(30-22)23(29)27(13-25-20)15-7-5-6-14(12-15)16-8-3-4-9-18(16)28/h3-13,28H,1-2H3. The van der Waals surface area contributed by atoms with Crippen LogP contribution in [0.2, 0.25) is 0 Å². The number of hydrogen-bond acceptors (Lipinski definition) is 6. The summed E-state index contributed by atoms with van der Waals surface area (Å²) in [5.74, 6) is 0.197. The quantitative estimate of drug-likeness (QED) is 0.473. The molecule has 2 aromatic carbocycles. The molecule has 0 aliphatic rings. The summed E-state index contributed by atoms with van der Waals surface area (Å²) >= 11 is 1.36. The van der Waals surface area contributed by atoms with Gasteiger partial charge in [-0.3, -0.25) is 9.36 Å². The lowest BCUT2D eigenvalue weighted by Gasteiger charge is -2.13. The van der Waals surface area contributed by atoms with E-state index in [2.05, 4.69) is 9.97 Å². The number of aromatic nitrogens is 3. The van der Waals surface area contributed by atoms with E-state index in [1.54, 1.807) is 24.7 Å². The zero-order valence-corrected chi connectivity index (χ0v) is 17.2. The Labute approximate surface area is 176 Å². The summed E-state index contributed by atoms with van der Waals surface area (Å²) in [5.41, 5.74) is 3.74. The molecule has 0 amide bonds. The lowest BCUT2D eigenvalue weighted by Crippen LogP contribution is -2.17. The van der Waals surface area contributed by atoms with Crippen molar-refractivity contribution in [1.82, 2.24) is 14.5 Å². The Kier molecular flexibility index (Phi) is 4.25. The maximum absolute atomic E-state index is 13.3. The monoisotopic (exact) mass is 414 g/mol. The molecule has 5 rings (SSSR count). The fourth-order valence-corrected chi connectivity index (χ4v) is 4.68. The maximum Gasteiger partial charge on any atom is 0.275 e. The van der Waals surface area contributed by atoms with Crippen molar-refractivity contribution in [2.45, 2.75) is 0 Å². The Morgan fingerprint density at radius 1 is 1.03 bits per heavy atom. The molecule has 0 bridgehead atoms. The van der Waals surface area contributed by atoms with E-state index in [-0.39, 0.29) is 11.3 Å². The molecule has 0 unspecified atom stereocenters. The first-order chi connectivity index (χ1) is 14.5. The largest absolute Gasteiger partial charge is 0.507 e. The molecule has 3 heterocycles. The number of phenolic OH excluding ortho intramolecular Hbond substituents is 1. The zero-order valence-electron chi connectivity index (χ0n) is 16.4. The minimum atomic E-state index is -0.137. The van der Waals surface area contributed by atoms with Crippen LogP contribution in [0.25, 0.3) is 37.2 Å². The fourth-order valence-electron chi connectivity index (χ4n) is 3.63. The summed E-state index contributed by atoms with van der Waals surface area (Å²) in [6, 6.07) is 16.6. The van der Waals surface area contributed by atoms with Crippen molar-refractivity contribution in [2.24, 2.45) is 0 Å². The predicted molar refractivity (Wildman–Crippen MR) is 122 cm³/mol. The van der Waals surface area contributed by atoms with Gasteiger partial charge in [0, 0.05) is 25.9 Å². The Morgan fingerprint density at radius 3 is 2.67 bits per heavy atom. The van der Waals surface area contributed by atoms with Gasteiger partial charge >= 0.3 is 0 Å². The van der Waals surface area contributed by atoms with E-state index >= 15 is 0 Å². The molecule has 5 aromatic rings. The van der Waals surface area contributed by atoms with Crippen LogP contribution in [0.1, 0.15) is 0 Å². The summed E-state index contributed by atoms with van der Waals surface area (Å²) in [7, 11) is 3.92. The van der Waals surface area contributed by atoms with Crippen LogP contribution in [0.3, 0.4) is 0 Å². The van der Waals surface area contributed by atoms with Gasteiger partial charge in [0.05, 0.1) is 22.3 Å². The van der Waals surface area contributed by atoms with Crippen molar-refractivity contribution in [1.29, 1.82) is 0 Å². The molecular weight excluding hydrogens is 396 g/mol. The highest BCUT2D eigenvalue weighted by molar-refractivity contribution is 7.25. The minimum absolute atomic E-state index is 0.137. The highest BCUT2D eigenvalue weighted by atomic mass is 32.1. The lowest BCUT2D eigenvalue weighted by molar-refractivity contribution is 0.477. The maximum atomic E-state index is 13.3. The summed E-state index contributed by atoms with van der Waals surface area (Å²) in [4.78, 5) is 25.2. The summed E-state index contributed by atoms with van der Waals surface area (Å²) in [6.45, 7) is 0. The topological polar surface area (TPSA) is 71.2 Å². The van der Waals surface area contributed by atoms with E-state index in [0.717, 1.165) is 21.5 Å². The van der Waals surface area contributed by atoms with Crippen molar-refractivity contribution in [3.8, 4) is 22.6 Å². The Morgan fingerprint density at radius 2 is 1.87 bits per heavy atom. The van der Waals surface area contributed by atoms with Gasteiger partial charge in [-0.25, -0.2) is 9.97 Å². The van der Waals surface area contributed by atoms with Crippen molar-refractivity contribution < 1.29 is 5.11 Å². The van der Waals surface area contributed by atoms with Crippen LogP contribution in [0.15, 0.2) is 71.9 Å². The van der Waals surface area contributed by atoms with Crippen LogP contribution < -0.4 is 10.5 Å². The number of para-hydroxylation sites is 1. The lowest BCUT2D eigenvalue weighted by atomic mass is 10.0. The van der Waals surface area contributed by atoms with Gasteiger partial charge < -0.3 is 10.0 Å². The number of nitrogens with zero attached hydrogens (tertiary/aromatic N) is 4. The van der Waals surface area contributed by atoms with E-state index < -0.39 is 0 Å². The van der Waals surface area contributed by atoms with Gasteiger partial charge in [0.2, 0.25) is 0 Å². The summed E-state index contributed by atoms with van der Waals surface area (Å²) < 4.78 is 2.11. The molecule has 0 spiro atoms. The number of aromatic hydroxyl groups is 1. The van der Waals surface area contributed by atoms with E-state index in [4.69, 9.17) is 0 Å². The van der Waals surface area contributed by atoms with Crippen molar-refractivity contribution in [3.63, 3.8) is 0 Å². The van der Waals surface area contributed by atoms with Gasteiger partial charge in [-0.2, -0.15) is 0 Å².